The van der Waals surface area contributed by atoms with E-state index >= 15 is 0 Å². The molecule has 5 N–H and O–H groups in total. The van der Waals surface area contributed by atoms with E-state index < -0.39 is 37.1 Å². The molecule has 39 heavy (non-hydrogen) atoms. The fourth-order valence-corrected chi connectivity index (χ4v) is 3.83. The van der Waals surface area contributed by atoms with Gasteiger partial charge in [-0.3, -0.25) is 30.1 Å². The summed E-state index contributed by atoms with van der Waals surface area (Å²) in [5.74, 6) is -1.37. The maximum atomic E-state index is 12.8. The van der Waals surface area contributed by atoms with Gasteiger partial charge in [-0.2, -0.15) is 0 Å². The molecule has 3 rings (SSSR count). The van der Waals surface area contributed by atoms with E-state index in [-0.39, 0.29) is 24.1 Å². The number of nitrogens with two attached hydrogens (primary N) is 1. The molecule has 0 saturated carbocycles. The number of anilines is 1. The number of carbonyl (C=O) groups is 3. The van der Waals surface area contributed by atoms with Crippen molar-refractivity contribution in [3.63, 3.8) is 0 Å². The molecule has 0 spiro atoms. The third-order valence-corrected chi connectivity index (χ3v) is 5.30. The van der Waals surface area contributed by atoms with Crippen LogP contribution in [0.2, 0.25) is 0 Å². The van der Waals surface area contributed by atoms with Crippen molar-refractivity contribution >= 4 is 37.6 Å². The highest BCUT2D eigenvalue weighted by molar-refractivity contribution is 7.49. The summed E-state index contributed by atoms with van der Waals surface area (Å²) in [6, 6.07) is 4.58. The molecule has 1 unspecified atom stereocenters. The highest BCUT2D eigenvalue weighted by atomic mass is 31.2. The predicted octanol–water partition coefficient (Wildman–Crippen LogP) is 2.26. The van der Waals surface area contributed by atoms with Crippen LogP contribution in [0.15, 0.2) is 29.5 Å². The summed E-state index contributed by atoms with van der Waals surface area (Å²) >= 11 is 0. The molecule has 212 valence electrons. The third kappa shape index (κ3) is 9.15. The van der Waals surface area contributed by atoms with Crippen LogP contribution in [0, 0.1) is 0 Å². The van der Waals surface area contributed by atoms with E-state index in [1.165, 1.54) is 12.1 Å². The largest absolute Gasteiger partial charge is 0.608 e. The summed E-state index contributed by atoms with van der Waals surface area (Å²) in [7, 11) is -4.16. The number of aliphatic imine (C=N–C) groups is 1. The molecule has 0 bridgehead atoms. The van der Waals surface area contributed by atoms with Crippen LogP contribution in [0.3, 0.4) is 0 Å². The second-order valence-corrected chi connectivity index (χ2v) is 11.4. The van der Waals surface area contributed by atoms with Gasteiger partial charge in [-0.15, -0.1) is 10.1 Å². The minimum atomic E-state index is -4.16. The molecular formula is C21H29N8O9P. The van der Waals surface area contributed by atoms with Crippen LogP contribution >= 0.6 is 7.82 Å². The number of amides is 3. The number of hydrogen-bond donors (Lipinski definition) is 4. The van der Waals surface area contributed by atoms with Gasteiger partial charge >= 0.3 is 20.0 Å². The van der Waals surface area contributed by atoms with E-state index in [0.717, 1.165) is 6.33 Å². The Bertz CT molecular complexity index is 1330. The molecule has 0 saturated heterocycles. The summed E-state index contributed by atoms with van der Waals surface area (Å²) in [5.41, 5.74) is 9.73. The topological polar surface area (TPSA) is 220 Å². The maximum Gasteiger partial charge on any atom is 0.608 e. The lowest BCUT2D eigenvalue weighted by molar-refractivity contribution is 0.0560. The van der Waals surface area contributed by atoms with Crippen LogP contribution in [0.1, 0.15) is 57.7 Å². The van der Waals surface area contributed by atoms with Crippen molar-refractivity contribution < 1.29 is 42.1 Å². The van der Waals surface area contributed by atoms with Crippen molar-refractivity contribution in [1.29, 1.82) is 0 Å². The van der Waals surface area contributed by atoms with E-state index in [0.29, 0.717) is 16.1 Å². The van der Waals surface area contributed by atoms with Gasteiger partial charge in [0.05, 0.1) is 12.3 Å². The fraction of sp³-hybridized carbons (Fsp3) is 0.429. The van der Waals surface area contributed by atoms with Gasteiger partial charge in [0.2, 0.25) is 11.8 Å². The Balaban J connectivity index is 1.69. The Morgan fingerprint density at radius 1 is 1.13 bits per heavy atom. The minimum Gasteiger partial charge on any atom is -0.444 e. The maximum absolute atomic E-state index is 12.8. The zero-order chi connectivity index (χ0) is 29.0. The number of phosphoric acid groups is 1. The summed E-state index contributed by atoms with van der Waals surface area (Å²) in [6.45, 7) is 9.83. The average Bonchev–Trinajstić information content (AvgIpc) is 3.23. The first-order chi connectivity index (χ1) is 18.0. The van der Waals surface area contributed by atoms with Crippen LogP contribution in [0.25, 0.3) is 0 Å². The Morgan fingerprint density at radius 3 is 2.44 bits per heavy atom. The lowest BCUT2D eigenvalue weighted by Gasteiger charge is -2.24. The van der Waals surface area contributed by atoms with Crippen molar-refractivity contribution in [3.8, 4) is 5.75 Å². The Hall–Kier alpha value is -4.37. The van der Waals surface area contributed by atoms with E-state index in [4.69, 9.17) is 28.9 Å². The van der Waals surface area contributed by atoms with Crippen molar-refractivity contribution in [3.05, 3.63) is 35.9 Å². The summed E-state index contributed by atoms with van der Waals surface area (Å²) in [6.07, 6.45) is -0.846. The molecule has 1 aromatic heterocycles. The van der Waals surface area contributed by atoms with E-state index in [9.17, 15) is 18.9 Å². The second kappa shape index (κ2) is 11.2. The lowest BCUT2D eigenvalue weighted by atomic mass is 10.2. The molecule has 0 aliphatic carbocycles. The first-order valence-corrected chi connectivity index (χ1v) is 12.8. The summed E-state index contributed by atoms with van der Waals surface area (Å²) in [5, 5.41) is 5.95. The number of ether oxygens (including phenoxy) is 2. The van der Waals surface area contributed by atoms with E-state index in [2.05, 4.69) is 31.2 Å². The van der Waals surface area contributed by atoms with E-state index in [1.807, 2.05) is 0 Å². The molecule has 3 amide bonds. The molecule has 2 heterocycles. The number of fused-ring (bicyclic) bond motifs is 1. The number of rotatable bonds is 5. The average molecular weight is 568 g/mol. The Labute approximate surface area is 222 Å². The standard InChI is InChI=1S/C21H29N8O9P/c1-20(2,3)35-18(31)24-17(25-19(32)36-21(4,5)6)27-26-13-7-8-14-12(9-13)10-34-39(33,37-14)38-29-11-23-16(28-29)15(22)30/h7-9,11,26H,10H2,1-6H3,(H2,22,30)(H2,24,25,27,31,32). The quantitative estimate of drug-likeness (QED) is 0.176. The van der Waals surface area contributed by atoms with Crippen molar-refractivity contribution in [1.82, 2.24) is 25.7 Å². The number of hydrogen-bond acceptors (Lipinski definition) is 12. The van der Waals surface area contributed by atoms with Crippen LogP contribution < -0.4 is 31.1 Å². The fourth-order valence-electron chi connectivity index (χ4n) is 2.69. The zero-order valence-corrected chi connectivity index (χ0v) is 22.9. The molecule has 1 aliphatic rings. The van der Waals surface area contributed by atoms with Gasteiger partial charge in [0.25, 0.3) is 5.91 Å². The number of primary amides is 1. The minimum absolute atomic E-state index is 0.180. The number of alkyl carbamates (subject to hydrolysis) is 1. The van der Waals surface area contributed by atoms with Crippen molar-refractivity contribution in [2.75, 3.05) is 5.43 Å². The molecule has 0 fully saturated rings. The normalized spacial score (nSPS) is 17.2. The zero-order valence-electron chi connectivity index (χ0n) is 22.0. The molecular weight excluding hydrogens is 539 g/mol. The van der Waals surface area contributed by atoms with Crippen LogP contribution in [-0.2, 0) is 25.2 Å². The number of nitrogens with one attached hydrogen (secondary N) is 3. The number of hydrazine groups is 1. The number of phosphoric ester groups is 1. The number of nitrogens with zero attached hydrogens (tertiary/aromatic N) is 4. The number of benzene rings is 1. The van der Waals surface area contributed by atoms with Gasteiger partial charge < -0.3 is 19.7 Å². The Kier molecular flexibility index (Phi) is 8.36. The second-order valence-electron chi connectivity index (χ2n) is 9.87. The number of guanidine groups is 1. The number of carbonyl (C=O) groups excluding carboxylic acids is 3. The molecule has 1 aromatic carbocycles. The molecule has 2 aromatic rings. The lowest BCUT2D eigenvalue weighted by Crippen LogP contribution is -2.46. The van der Waals surface area contributed by atoms with Gasteiger partial charge in [0, 0.05) is 5.56 Å². The van der Waals surface area contributed by atoms with Gasteiger partial charge in [0.15, 0.2) is 6.33 Å². The summed E-state index contributed by atoms with van der Waals surface area (Å²) < 4.78 is 38.9. The molecule has 1 atom stereocenters. The Morgan fingerprint density at radius 2 is 1.82 bits per heavy atom. The van der Waals surface area contributed by atoms with Crippen molar-refractivity contribution in [2.45, 2.75) is 59.4 Å². The van der Waals surface area contributed by atoms with Gasteiger partial charge in [-0.1, -0.05) is 4.85 Å². The smallest absolute Gasteiger partial charge is 0.444 e. The van der Waals surface area contributed by atoms with Crippen LogP contribution in [0.5, 0.6) is 5.75 Å². The third-order valence-electron chi connectivity index (χ3n) is 4.07. The molecule has 18 heteroatoms. The molecule has 1 aliphatic heterocycles. The molecule has 0 radical (unpaired) electrons. The SMILES string of the molecule is CC(C)(C)OC(=O)/N=C(/NNc1ccc2c(c1)COP(=O)(On1cnc(C(N)=O)n1)O2)NC(=O)OC(C)(C)C. The van der Waals surface area contributed by atoms with Gasteiger partial charge in [-0.05, 0) is 59.7 Å². The van der Waals surface area contributed by atoms with Gasteiger partial charge in [-0.25, -0.2) is 19.1 Å². The van der Waals surface area contributed by atoms with E-state index in [1.54, 1.807) is 47.6 Å². The predicted molar refractivity (Wildman–Crippen MR) is 134 cm³/mol. The number of aromatic nitrogens is 3. The highest BCUT2D eigenvalue weighted by Gasteiger charge is 2.37. The highest BCUT2D eigenvalue weighted by Crippen LogP contribution is 2.52. The van der Waals surface area contributed by atoms with Crippen molar-refractivity contribution in [2.24, 2.45) is 10.7 Å². The molecule has 17 nitrogen and oxygen atoms in total. The first-order valence-electron chi connectivity index (χ1n) is 11.3. The summed E-state index contributed by atoms with van der Waals surface area (Å²) in [4.78, 5) is 43.5. The first kappa shape index (κ1) is 29.2. The monoisotopic (exact) mass is 568 g/mol. The van der Waals surface area contributed by atoms with Crippen LogP contribution in [-0.4, -0.2) is 50.2 Å². The van der Waals surface area contributed by atoms with Crippen LogP contribution in [0.4, 0.5) is 15.3 Å². The van der Waals surface area contributed by atoms with Gasteiger partial charge in [0.1, 0.15) is 17.0 Å².